The van der Waals surface area contributed by atoms with Crippen molar-refractivity contribution in [1.29, 1.82) is 0 Å². The monoisotopic (exact) mass is 177 g/mol. The van der Waals surface area contributed by atoms with Gasteiger partial charge in [0.25, 0.3) is 5.92 Å². The highest BCUT2D eigenvalue weighted by Crippen LogP contribution is 2.32. The highest BCUT2D eigenvalue weighted by molar-refractivity contribution is 4.83. The molecule has 0 spiro atoms. The second kappa shape index (κ2) is 3.69. The predicted octanol–water partition coefficient (Wildman–Crippen LogP) is 2.37. The van der Waals surface area contributed by atoms with Gasteiger partial charge in [-0.2, -0.15) is 0 Å². The first-order valence-corrected chi connectivity index (χ1v) is 4.66. The summed E-state index contributed by atoms with van der Waals surface area (Å²) < 4.78 is 26.3. The SMILES string of the molecule is CCCN1CCC(C)C(F)(F)C1. The normalized spacial score (nSPS) is 30.5. The summed E-state index contributed by atoms with van der Waals surface area (Å²) in [6.45, 7) is 5.27. The van der Waals surface area contributed by atoms with Crippen LogP contribution in [-0.2, 0) is 0 Å². The zero-order valence-corrected chi connectivity index (χ0v) is 7.82. The van der Waals surface area contributed by atoms with Crippen molar-refractivity contribution in [1.82, 2.24) is 4.90 Å². The minimum absolute atomic E-state index is 0.0397. The molecule has 1 heterocycles. The van der Waals surface area contributed by atoms with Gasteiger partial charge in [-0.25, -0.2) is 8.78 Å². The fourth-order valence-electron chi connectivity index (χ4n) is 1.63. The molecule has 3 heteroatoms. The van der Waals surface area contributed by atoms with Gasteiger partial charge in [0.05, 0.1) is 6.54 Å². The predicted molar refractivity (Wildman–Crippen MR) is 45.5 cm³/mol. The van der Waals surface area contributed by atoms with E-state index in [1.807, 2.05) is 11.8 Å². The summed E-state index contributed by atoms with van der Waals surface area (Å²) in [6, 6.07) is 0. The first-order chi connectivity index (χ1) is 5.56. The van der Waals surface area contributed by atoms with Gasteiger partial charge < -0.3 is 0 Å². The number of rotatable bonds is 2. The van der Waals surface area contributed by atoms with Gasteiger partial charge in [-0.05, 0) is 25.9 Å². The summed E-state index contributed by atoms with van der Waals surface area (Å²) in [5, 5.41) is 0. The summed E-state index contributed by atoms with van der Waals surface area (Å²) in [6.07, 6.45) is 1.59. The van der Waals surface area contributed by atoms with E-state index >= 15 is 0 Å². The molecular formula is C9H17F2N. The Labute approximate surface area is 72.7 Å². The quantitative estimate of drug-likeness (QED) is 0.626. The lowest BCUT2D eigenvalue weighted by atomic mass is 9.95. The third-order valence-corrected chi connectivity index (χ3v) is 2.57. The van der Waals surface area contributed by atoms with Gasteiger partial charge in [0.15, 0.2) is 0 Å². The summed E-state index contributed by atoms with van der Waals surface area (Å²) in [5.41, 5.74) is 0. The van der Waals surface area contributed by atoms with Crippen LogP contribution >= 0.6 is 0 Å². The van der Waals surface area contributed by atoms with E-state index < -0.39 is 11.8 Å². The van der Waals surface area contributed by atoms with Crippen LogP contribution in [0.15, 0.2) is 0 Å². The largest absolute Gasteiger partial charge is 0.297 e. The lowest BCUT2D eigenvalue weighted by molar-refractivity contribution is -0.104. The van der Waals surface area contributed by atoms with Crippen LogP contribution in [-0.4, -0.2) is 30.5 Å². The Morgan fingerprint density at radius 3 is 2.67 bits per heavy atom. The molecule has 1 aliphatic heterocycles. The summed E-state index contributed by atoms with van der Waals surface area (Å²) in [7, 11) is 0. The number of halogens is 2. The van der Waals surface area contributed by atoms with Crippen molar-refractivity contribution >= 4 is 0 Å². The molecule has 72 valence electrons. The first kappa shape index (κ1) is 9.90. The maximum Gasteiger partial charge on any atom is 0.263 e. The van der Waals surface area contributed by atoms with E-state index in [0.29, 0.717) is 6.42 Å². The Morgan fingerprint density at radius 2 is 2.17 bits per heavy atom. The second-order valence-corrected chi connectivity index (χ2v) is 3.73. The van der Waals surface area contributed by atoms with E-state index in [2.05, 4.69) is 0 Å². The van der Waals surface area contributed by atoms with Crippen LogP contribution in [0, 0.1) is 5.92 Å². The highest BCUT2D eigenvalue weighted by atomic mass is 19.3. The third-order valence-electron chi connectivity index (χ3n) is 2.57. The minimum atomic E-state index is -2.46. The molecular weight excluding hydrogens is 160 g/mol. The number of likely N-dealkylation sites (tertiary alicyclic amines) is 1. The molecule has 0 aromatic carbocycles. The molecule has 1 saturated heterocycles. The molecule has 0 N–H and O–H groups in total. The van der Waals surface area contributed by atoms with E-state index in [9.17, 15) is 8.78 Å². The molecule has 1 atom stereocenters. The molecule has 1 aliphatic rings. The summed E-state index contributed by atoms with van der Waals surface area (Å²) in [5.74, 6) is -2.90. The fourth-order valence-corrected chi connectivity index (χ4v) is 1.63. The number of piperidine rings is 1. The molecule has 0 saturated carbocycles. The summed E-state index contributed by atoms with van der Waals surface area (Å²) in [4.78, 5) is 1.86. The number of alkyl halides is 2. The zero-order chi connectivity index (χ0) is 9.19. The van der Waals surface area contributed by atoms with Crippen LogP contribution in [0.4, 0.5) is 8.78 Å². The molecule has 1 fully saturated rings. The van der Waals surface area contributed by atoms with Gasteiger partial charge in [-0.1, -0.05) is 13.8 Å². The van der Waals surface area contributed by atoms with Gasteiger partial charge in [-0.15, -0.1) is 0 Å². The Hall–Kier alpha value is -0.180. The van der Waals surface area contributed by atoms with Gasteiger partial charge in [0.1, 0.15) is 0 Å². The molecule has 0 aromatic rings. The number of nitrogens with zero attached hydrogens (tertiary/aromatic N) is 1. The van der Waals surface area contributed by atoms with Crippen molar-refractivity contribution in [2.75, 3.05) is 19.6 Å². The maximum absolute atomic E-state index is 13.1. The minimum Gasteiger partial charge on any atom is -0.297 e. The van der Waals surface area contributed by atoms with Crippen molar-refractivity contribution < 1.29 is 8.78 Å². The van der Waals surface area contributed by atoms with Gasteiger partial charge >= 0.3 is 0 Å². The Balaban J connectivity index is 2.45. The van der Waals surface area contributed by atoms with E-state index in [1.54, 1.807) is 6.92 Å². The van der Waals surface area contributed by atoms with E-state index in [4.69, 9.17) is 0 Å². The van der Waals surface area contributed by atoms with Crippen molar-refractivity contribution in [3.63, 3.8) is 0 Å². The van der Waals surface area contributed by atoms with Crippen molar-refractivity contribution in [3.8, 4) is 0 Å². The molecule has 1 rings (SSSR count). The van der Waals surface area contributed by atoms with Crippen molar-refractivity contribution in [3.05, 3.63) is 0 Å². The average molecular weight is 177 g/mol. The smallest absolute Gasteiger partial charge is 0.263 e. The van der Waals surface area contributed by atoms with Crippen molar-refractivity contribution in [2.24, 2.45) is 5.92 Å². The lowest BCUT2D eigenvalue weighted by Crippen LogP contribution is -2.47. The molecule has 0 radical (unpaired) electrons. The molecule has 1 unspecified atom stereocenters. The molecule has 0 bridgehead atoms. The molecule has 12 heavy (non-hydrogen) atoms. The Kier molecular flexibility index (Phi) is 3.04. The van der Waals surface area contributed by atoms with E-state index in [0.717, 1.165) is 19.5 Å². The first-order valence-electron chi connectivity index (χ1n) is 4.66. The lowest BCUT2D eigenvalue weighted by Gasteiger charge is -2.36. The zero-order valence-electron chi connectivity index (χ0n) is 7.82. The third kappa shape index (κ3) is 2.16. The van der Waals surface area contributed by atoms with Crippen LogP contribution in [0.1, 0.15) is 26.7 Å². The number of hydrogen-bond acceptors (Lipinski definition) is 1. The number of hydrogen-bond donors (Lipinski definition) is 0. The molecule has 0 aromatic heterocycles. The van der Waals surface area contributed by atoms with E-state index in [-0.39, 0.29) is 6.54 Å². The summed E-state index contributed by atoms with van der Waals surface area (Å²) >= 11 is 0. The van der Waals surface area contributed by atoms with Gasteiger partial charge in [-0.3, -0.25) is 4.90 Å². The van der Waals surface area contributed by atoms with Crippen LogP contribution in [0.25, 0.3) is 0 Å². The Morgan fingerprint density at radius 1 is 1.50 bits per heavy atom. The molecule has 1 nitrogen and oxygen atoms in total. The van der Waals surface area contributed by atoms with Crippen LogP contribution in [0.5, 0.6) is 0 Å². The second-order valence-electron chi connectivity index (χ2n) is 3.73. The van der Waals surface area contributed by atoms with Crippen LogP contribution < -0.4 is 0 Å². The molecule has 0 amide bonds. The van der Waals surface area contributed by atoms with E-state index in [1.165, 1.54) is 0 Å². The standard InChI is InChI=1S/C9H17F2N/c1-3-5-12-6-4-8(2)9(10,11)7-12/h8H,3-7H2,1-2H3. The highest BCUT2D eigenvalue weighted by Gasteiger charge is 2.41. The van der Waals surface area contributed by atoms with Crippen LogP contribution in [0.2, 0.25) is 0 Å². The van der Waals surface area contributed by atoms with Crippen LogP contribution in [0.3, 0.4) is 0 Å². The van der Waals surface area contributed by atoms with Crippen molar-refractivity contribution in [2.45, 2.75) is 32.6 Å². The maximum atomic E-state index is 13.1. The average Bonchev–Trinajstić information content (AvgIpc) is 1.97. The Bertz CT molecular complexity index is 147. The van der Waals surface area contributed by atoms with Gasteiger partial charge in [0.2, 0.25) is 0 Å². The topological polar surface area (TPSA) is 3.24 Å². The molecule has 0 aliphatic carbocycles. The fraction of sp³-hybridized carbons (Fsp3) is 1.00. The van der Waals surface area contributed by atoms with Gasteiger partial charge in [0, 0.05) is 5.92 Å².